The molecule has 0 bridgehead atoms. The van der Waals surface area contributed by atoms with Gasteiger partial charge in [-0.25, -0.2) is 0 Å². The first-order chi connectivity index (χ1) is 9.56. The molecule has 0 unspecified atom stereocenters. The Hall–Kier alpha value is -1.96. The summed E-state index contributed by atoms with van der Waals surface area (Å²) >= 11 is 0. The summed E-state index contributed by atoms with van der Waals surface area (Å²) in [4.78, 5) is 0. The van der Waals surface area contributed by atoms with Crippen LogP contribution in [0.1, 0.15) is 30.5 Å². The molecule has 20 heavy (non-hydrogen) atoms. The third kappa shape index (κ3) is 3.77. The molecule has 1 N–H and O–H groups in total. The van der Waals surface area contributed by atoms with Crippen molar-refractivity contribution in [2.24, 2.45) is 0 Å². The van der Waals surface area contributed by atoms with Gasteiger partial charge in [0.2, 0.25) is 0 Å². The van der Waals surface area contributed by atoms with Crippen LogP contribution in [0.3, 0.4) is 0 Å². The van der Waals surface area contributed by atoms with Crippen molar-refractivity contribution in [2.45, 2.75) is 40.3 Å². The van der Waals surface area contributed by atoms with E-state index in [9.17, 15) is 0 Å². The molecule has 0 aromatic heterocycles. The Morgan fingerprint density at radius 1 is 1.00 bits per heavy atom. The average molecular weight is 269 g/mol. The van der Waals surface area contributed by atoms with Gasteiger partial charge in [0.15, 0.2) is 0 Å². The van der Waals surface area contributed by atoms with E-state index in [2.05, 4.69) is 55.6 Å². The molecule has 0 aliphatic rings. The van der Waals surface area contributed by atoms with Crippen molar-refractivity contribution in [3.05, 3.63) is 59.2 Å². The van der Waals surface area contributed by atoms with Crippen molar-refractivity contribution in [3.63, 3.8) is 0 Å². The molecule has 0 heterocycles. The monoisotopic (exact) mass is 269 g/mol. The van der Waals surface area contributed by atoms with E-state index in [4.69, 9.17) is 4.74 Å². The minimum absolute atomic E-state index is 0.208. The molecule has 0 aliphatic heterocycles. The first-order valence-corrected chi connectivity index (χ1v) is 7.12. The number of benzene rings is 2. The van der Waals surface area contributed by atoms with Gasteiger partial charge in [-0.15, -0.1) is 0 Å². The van der Waals surface area contributed by atoms with Gasteiger partial charge < -0.3 is 10.1 Å². The number of anilines is 1. The summed E-state index contributed by atoms with van der Waals surface area (Å²) in [5.41, 5.74) is 5.01. The fourth-order valence-electron chi connectivity index (χ4n) is 2.18. The van der Waals surface area contributed by atoms with Crippen LogP contribution in [-0.2, 0) is 6.54 Å². The SMILES string of the molecule is Cc1ccccc1CNc1ccc(OC(C)C)cc1C. The minimum Gasteiger partial charge on any atom is -0.491 e. The molecule has 0 radical (unpaired) electrons. The normalized spacial score (nSPS) is 10.7. The quantitative estimate of drug-likeness (QED) is 0.849. The number of hydrogen-bond acceptors (Lipinski definition) is 2. The number of rotatable bonds is 5. The van der Waals surface area contributed by atoms with E-state index in [1.807, 2.05) is 19.9 Å². The summed E-state index contributed by atoms with van der Waals surface area (Å²) in [6, 6.07) is 14.6. The van der Waals surface area contributed by atoms with Crippen molar-refractivity contribution >= 4 is 5.69 Å². The van der Waals surface area contributed by atoms with Gasteiger partial charge in [-0.3, -0.25) is 0 Å². The van der Waals surface area contributed by atoms with Gasteiger partial charge >= 0.3 is 0 Å². The second-order valence-corrected chi connectivity index (χ2v) is 5.42. The summed E-state index contributed by atoms with van der Waals surface area (Å²) in [6.45, 7) is 9.17. The Morgan fingerprint density at radius 3 is 2.40 bits per heavy atom. The predicted octanol–water partition coefficient (Wildman–Crippen LogP) is 4.70. The Morgan fingerprint density at radius 2 is 1.75 bits per heavy atom. The highest BCUT2D eigenvalue weighted by Gasteiger charge is 2.03. The second kappa shape index (κ2) is 6.47. The summed E-state index contributed by atoms with van der Waals surface area (Å²) < 4.78 is 5.70. The van der Waals surface area contributed by atoms with E-state index in [0.717, 1.165) is 18.0 Å². The Labute approximate surface area is 121 Å². The maximum atomic E-state index is 5.70. The summed E-state index contributed by atoms with van der Waals surface area (Å²) in [5.74, 6) is 0.930. The van der Waals surface area contributed by atoms with Crippen molar-refractivity contribution in [2.75, 3.05) is 5.32 Å². The minimum atomic E-state index is 0.208. The van der Waals surface area contributed by atoms with E-state index in [-0.39, 0.29) is 6.10 Å². The highest BCUT2D eigenvalue weighted by molar-refractivity contribution is 5.54. The third-order valence-electron chi connectivity index (χ3n) is 3.30. The van der Waals surface area contributed by atoms with Crippen molar-refractivity contribution in [1.29, 1.82) is 0 Å². The van der Waals surface area contributed by atoms with Gasteiger partial charge in [-0.1, -0.05) is 24.3 Å². The molecule has 2 rings (SSSR count). The lowest BCUT2D eigenvalue weighted by atomic mass is 10.1. The van der Waals surface area contributed by atoms with Crippen molar-refractivity contribution in [1.82, 2.24) is 0 Å². The first-order valence-electron chi connectivity index (χ1n) is 7.12. The topological polar surface area (TPSA) is 21.3 Å². The van der Waals surface area contributed by atoms with Crippen LogP contribution in [0.25, 0.3) is 0 Å². The molecular formula is C18H23NO. The number of hydrogen-bond donors (Lipinski definition) is 1. The molecule has 0 spiro atoms. The Bertz CT molecular complexity index is 575. The molecule has 2 heteroatoms. The Balaban J connectivity index is 2.05. The average Bonchev–Trinajstić information content (AvgIpc) is 2.39. The lowest BCUT2D eigenvalue weighted by Crippen LogP contribution is -2.06. The van der Waals surface area contributed by atoms with Crippen LogP contribution in [0.2, 0.25) is 0 Å². The molecule has 0 fully saturated rings. The van der Waals surface area contributed by atoms with E-state index >= 15 is 0 Å². The standard InChI is InChI=1S/C18H23NO/c1-13(2)20-17-9-10-18(15(4)11-17)19-12-16-8-6-5-7-14(16)3/h5-11,13,19H,12H2,1-4H3. The van der Waals surface area contributed by atoms with Crippen LogP contribution < -0.4 is 10.1 Å². The van der Waals surface area contributed by atoms with Crippen LogP contribution in [-0.4, -0.2) is 6.10 Å². The zero-order valence-corrected chi connectivity index (χ0v) is 12.7. The van der Waals surface area contributed by atoms with E-state index in [1.54, 1.807) is 0 Å². The van der Waals surface area contributed by atoms with Crippen LogP contribution in [0.4, 0.5) is 5.69 Å². The van der Waals surface area contributed by atoms with Gasteiger partial charge in [-0.05, 0) is 62.6 Å². The number of nitrogens with one attached hydrogen (secondary N) is 1. The summed E-state index contributed by atoms with van der Waals surface area (Å²) in [7, 11) is 0. The lowest BCUT2D eigenvalue weighted by molar-refractivity contribution is 0.242. The zero-order valence-electron chi connectivity index (χ0n) is 12.7. The largest absolute Gasteiger partial charge is 0.491 e. The van der Waals surface area contributed by atoms with Crippen LogP contribution in [0.15, 0.2) is 42.5 Å². The molecule has 0 amide bonds. The molecule has 2 nitrogen and oxygen atoms in total. The summed E-state index contributed by atoms with van der Waals surface area (Å²) in [5, 5.41) is 3.50. The maximum Gasteiger partial charge on any atom is 0.120 e. The second-order valence-electron chi connectivity index (χ2n) is 5.42. The van der Waals surface area contributed by atoms with Gasteiger partial charge in [0.1, 0.15) is 5.75 Å². The molecule has 0 saturated carbocycles. The maximum absolute atomic E-state index is 5.70. The van der Waals surface area contributed by atoms with Gasteiger partial charge in [0.05, 0.1) is 6.10 Å². The predicted molar refractivity (Wildman–Crippen MR) is 85.4 cm³/mol. The molecule has 2 aromatic rings. The molecule has 0 atom stereocenters. The molecule has 106 valence electrons. The lowest BCUT2D eigenvalue weighted by Gasteiger charge is -2.14. The molecule has 2 aromatic carbocycles. The first kappa shape index (κ1) is 14.4. The van der Waals surface area contributed by atoms with Crippen molar-refractivity contribution in [3.8, 4) is 5.75 Å². The molecule has 0 saturated heterocycles. The summed E-state index contributed by atoms with van der Waals surface area (Å²) in [6.07, 6.45) is 0.208. The van der Waals surface area contributed by atoms with Crippen molar-refractivity contribution < 1.29 is 4.74 Å². The van der Waals surface area contributed by atoms with E-state index < -0.39 is 0 Å². The molecular weight excluding hydrogens is 246 g/mol. The van der Waals surface area contributed by atoms with Crippen LogP contribution in [0.5, 0.6) is 5.75 Å². The van der Waals surface area contributed by atoms with E-state index in [1.165, 1.54) is 16.7 Å². The zero-order chi connectivity index (χ0) is 14.5. The van der Waals surface area contributed by atoms with E-state index in [0.29, 0.717) is 0 Å². The van der Waals surface area contributed by atoms with Crippen LogP contribution >= 0.6 is 0 Å². The third-order valence-corrected chi connectivity index (χ3v) is 3.30. The van der Waals surface area contributed by atoms with Gasteiger partial charge in [0, 0.05) is 12.2 Å². The highest BCUT2D eigenvalue weighted by Crippen LogP contribution is 2.23. The number of ether oxygens (including phenoxy) is 1. The fraction of sp³-hybridized carbons (Fsp3) is 0.333. The van der Waals surface area contributed by atoms with Gasteiger partial charge in [-0.2, -0.15) is 0 Å². The van der Waals surface area contributed by atoms with Gasteiger partial charge in [0.25, 0.3) is 0 Å². The smallest absolute Gasteiger partial charge is 0.120 e. The molecule has 0 aliphatic carbocycles. The number of aryl methyl sites for hydroxylation is 2. The van der Waals surface area contributed by atoms with Crippen LogP contribution in [0, 0.1) is 13.8 Å². The highest BCUT2D eigenvalue weighted by atomic mass is 16.5. The Kier molecular flexibility index (Phi) is 4.67. The fourth-order valence-corrected chi connectivity index (χ4v) is 2.18.